The zero-order valence-corrected chi connectivity index (χ0v) is 16.5. The summed E-state index contributed by atoms with van der Waals surface area (Å²) in [4.78, 5) is 24.4. The minimum atomic E-state index is -5.08. The number of aromatic nitrogens is 2. The van der Waals surface area contributed by atoms with E-state index in [1.165, 1.54) is 22.9 Å². The van der Waals surface area contributed by atoms with Crippen LogP contribution in [0.15, 0.2) is 54.7 Å². The van der Waals surface area contributed by atoms with Gasteiger partial charge in [0.15, 0.2) is 0 Å². The van der Waals surface area contributed by atoms with E-state index < -0.39 is 41.7 Å². The van der Waals surface area contributed by atoms with Crippen LogP contribution in [-0.2, 0) is 10.3 Å². The van der Waals surface area contributed by atoms with Crippen LogP contribution in [0.1, 0.15) is 21.6 Å². The van der Waals surface area contributed by atoms with Gasteiger partial charge in [0, 0.05) is 17.3 Å². The first-order valence-corrected chi connectivity index (χ1v) is 9.37. The van der Waals surface area contributed by atoms with Crippen molar-refractivity contribution in [2.75, 3.05) is 11.9 Å². The predicted molar refractivity (Wildman–Crippen MR) is 105 cm³/mol. The highest BCUT2D eigenvalue weighted by atomic mass is 19.4. The standard InChI is InChI=1S/C21H16F4N4O3/c1-12-8-9-29(28-12)15-6-7-17-16(10-15)20(21(23,24)25,32-19(31)27-17)11-26-18(30)13-2-4-14(22)5-3-13/h2-10H,11H2,1H3,(H,26,30)(H,27,31). The molecule has 2 aromatic carbocycles. The Bertz CT molecular complexity index is 1190. The molecule has 166 valence electrons. The molecule has 0 bridgehead atoms. The number of alkyl halides is 3. The van der Waals surface area contributed by atoms with E-state index in [0.717, 1.165) is 24.3 Å². The monoisotopic (exact) mass is 448 g/mol. The van der Waals surface area contributed by atoms with Gasteiger partial charge in [-0.15, -0.1) is 0 Å². The van der Waals surface area contributed by atoms with Crippen molar-refractivity contribution in [3.05, 3.63) is 77.4 Å². The maximum atomic E-state index is 14.4. The Kier molecular flexibility index (Phi) is 5.11. The van der Waals surface area contributed by atoms with Gasteiger partial charge in [-0.3, -0.25) is 10.1 Å². The smallest absolute Gasteiger partial charge is 0.426 e. The molecule has 3 aromatic rings. The van der Waals surface area contributed by atoms with Crippen molar-refractivity contribution in [3.8, 4) is 5.69 Å². The normalized spacial score (nSPS) is 17.8. The van der Waals surface area contributed by atoms with Crippen LogP contribution in [0.2, 0.25) is 0 Å². The second-order valence-corrected chi connectivity index (χ2v) is 7.16. The lowest BCUT2D eigenvalue weighted by Crippen LogP contribution is -2.56. The minimum absolute atomic E-state index is 0.0509. The third-order valence-electron chi connectivity index (χ3n) is 4.99. The summed E-state index contributed by atoms with van der Waals surface area (Å²) in [5.41, 5.74) is -2.75. The molecule has 2 amide bonds. The van der Waals surface area contributed by atoms with Gasteiger partial charge in [-0.1, -0.05) is 0 Å². The molecule has 4 rings (SSSR count). The molecule has 7 nitrogen and oxygen atoms in total. The fourth-order valence-corrected chi connectivity index (χ4v) is 3.38. The molecule has 1 aliphatic rings. The molecule has 1 unspecified atom stereocenters. The summed E-state index contributed by atoms with van der Waals surface area (Å²) < 4.78 is 62.3. The number of cyclic esters (lactones) is 1. The van der Waals surface area contributed by atoms with Gasteiger partial charge in [0.2, 0.25) is 0 Å². The van der Waals surface area contributed by atoms with Crippen molar-refractivity contribution in [2.24, 2.45) is 0 Å². The van der Waals surface area contributed by atoms with Gasteiger partial charge in [-0.05, 0) is 55.5 Å². The van der Waals surface area contributed by atoms with Gasteiger partial charge in [0.25, 0.3) is 11.5 Å². The number of carbonyl (C=O) groups excluding carboxylic acids is 2. The lowest BCUT2D eigenvalue weighted by Gasteiger charge is -2.39. The van der Waals surface area contributed by atoms with E-state index >= 15 is 0 Å². The molecule has 0 fully saturated rings. The summed E-state index contributed by atoms with van der Waals surface area (Å²) in [5, 5.41) is 8.59. The maximum absolute atomic E-state index is 14.4. The van der Waals surface area contributed by atoms with Crippen molar-refractivity contribution in [2.45, 2.75) is 18.7 Å². The van der Waals surface area contributed by atoms with Crippen molar-refractivity contribution in [1.29, 1.82) is 0 Å². The number of aryl methyl sites for hydroxylation is 1. The molecule has 0 saturated carbocycles. The molecule has 0 radical (unpaired) electrons. The molecule has 1 atom stereocenters. The van der Waals surface area contributed by atoms with Crippen LogP contribution < -0.4 is 10.6 Å². The number of anilines is 1. The number of hydrogen-bond donors (Lipinski definition) is 2. The number of benzene rings is 2. The third kappa shape index (κ3) is 3.77. The third-order valence-corrected chi connectivity index (χ3v) is 4.99. The van der Waals surface area contributed by atoms with E-state index in [4.69, 9.17) is 4.74 Å². The first-order valence-electron chi connectivity index (χ1n) is 9.37. The lowest BCUT2D eigenvalue weighted by atomic mass is 9.89. The minimum Gasteiger partial charge on any atom is -0.426 e. The number of halogens is 4. The van der Waals surface area contributed by atoms with Crippen LogP contribution in [0.25, 0.3) is 5.69 Å². The zero-order chi connectivity index (χ0) is 23.1. The predicted octanol–water partition coefficient (Wildman–Crippen LogP) is 4.07. The highest BCUT2D eigenvalue weighted by Crippen LogP contribution is 2.47. The van der Waals surface area contributed by atoms with E-state index in [1.54, 1.807) is 19.2 Å². The lowest BCUT2D eigenvalue weighted by molar-refractivity contribution is -0.261. The number of ether oxygens (including phenoxy) is 1. The number of nitrogens with one attached hydrogen (secondary N) is 2. The molecule has 0 saturated heterocycles. The van der Waals surface area contributed by atoms with E-state index in [-0.39, 0.29) is 11.3 Å². The Morgan fingerprint density at radius 1 is 1.19 bits per heavy atom. The SMILES string of the molecule is Cc1ccn(-c2ccc3c(c2)C(CNC(=O)c2ccc(F)cc2)(C(F)(F)F)OC(=O)N3)n1. The topological polar surface area (TPSA) is 85.2 Å². The van der Waals surface area contributed by atoms with Gasteiger partial charge in [-0.2, -0.15) is 18.3 Å². The number of rotatable bonds is 4. The summed E-state index contributed by atoms with van der Waals surface area (Å²) in [7, 11) is 0. The number of nitrogens with zero attached hydrogens (tertiary/aromatic N) is 2. The molecule has 0 spiro atoms. The van der Waals surface area contributed by atoms with Crippen LogP contribution in [0, 0.1) is 12.7 Å². The molecule has 2 heterocycles. The van der Waals surface area contributed by atoms with E-state index in [0.29, 0.717) is 11.4 Å². The highest BCUT2D eigenvalue weighted by Gasteiger charge is 2.62. The van der Waals surface area contributed by atoms with Crippen LogP contribution >= 0.6 is 0 Å². The van der Waals surface area contributed by atoms with Crippen molar-refractivity contribution in [1.82, 2.24) is 15.1 Å². The van der Waals surface area contributed by atoms with Crippen LogP contribution in [-0.4, -0.2) is 34.5 Å². The van der Waals surface area contributed by atoms with Crippen LogP contribution in [0.3, 0.4) is 0 Å². The summed E-state index contributed by atoms with van der Waals surface area (Å²) in [5.74, 6) is -1.49. The van der Waals surface area contributed by atoms with Gasteiger partial charge in [0.05, 0.1) is 23.6 Å². The fourth-order valence-electron chi connectivity index (χ4n) is 3.38. The number of carbonyl (C=O) groups is 2. The molecule has 1 aliphatic heterocycles. The largest absolute Gasteiger partial charge is 0.434 e. The average Bonchev–Trinajstić information content (AvgIpc) is 3.17. The summed E-state index contributed by atoms with van der Waals surface area (Å²) in [6.45, 7) is 0.637. The van der Waals surface area contributed by atoms with Crippen molar-refractivity contribution >= 4 is 17.7 Å². The fraction of sp³-hybridized carbons (Fsp3) is 0.190. The molecular formula is C21H16F4N4O3. The van der Waals surface area contributed by atoms with Crippen LogP contribution in [0.5, 0.6) is 0 Å². The Balaban J connectivity index is 1.75. The van der Waals surface area contributed by atoms with Gasteiger partial charge in [0.1, 0.15) is 5.82 Å². The summed E-state index contributed by atoms with van der Waals surface area (Å²) in [6, 6.07) is 9.95. The Hall–Kier alpha value is -3.89. The Labute approximate surface area is 179 Å². The van der Waals surface area contributed by atoms with Crippen LogP contribution in [0.4, 0.5) is 28.0 Å². The van der Waals surface area contributed by atoms with Crippen molar-refractivity contribution < 1.29 is 31.9 Å². The first-order chi connectivity index (χ1) is 15.1. The van der Waals surface area contributed by atoms with E-state index in [1.807, 2.05) is 0 Å². The Morgan fingerprint density at radius 3 is 2.53 bits per heavy atom. The Morgan fingerprint density at radius 2 is 1.91 bits per heavy atom. The average molecular weight is 448 g/mol. The number of hydrogen-bond acceptors (Lipinski definition) is 4. The number of amides is 2. The first kappa shape index (κ1) is 21.3. The molecular weight excluding hydrogens is 432 g/mol. The highest BCUT2D eigenvalue weighted by molar-refractivity contribution is 5.94. The second-order valence-electron chi connectivity index (χ2n) is 7.16. The van der Waals surface area contributed by atoms with Crippen molar-refractivity contribution in [3.63, 3.8) is 0 Å². The maximum Gasteiger partial charge on any atom is 0.434 e. The molecule has 32 heavy (non-hydrogen) atoms. The summed E-state index contributed by atoms with van der Waals surface area (Å²) in [6.07, 6.45) is -4.81. The molecule has 11 heteroatoms. The van der Waals surface area contributed by atoms with E-state index in [2.05, 4.69) is 15.7 Å². The molecule has 1 aromatic heterocycles. The molecule has 0 aliphatic carbocycles. The summed E-state index contributed by atoms with van der Waals surface area (Å²) >= 11 is 0. The quantitative estimate of drug-likeness (QED) is 0.590. The van der Waals surface area contributed by atoms with Gasteiger partial charge < -0.3 is 10.1 Å². The van der Waals surface area contributed by atoms with E-state index in [9.17, 15) is 27.2 Å². The number of fused-ring (bicyclic) bond motifs is 1. The van der Waals surface area contributed by atoms with Gasteiger partial charge >= 0.3 is 12.3 Å². The zero-order valence-electron chi connectivity index (χ0n) is 16.5. The van der Waals surface area contributed by atoms with Gasteiger partial charge in [-0.25, -0.2) is 13.9 Å². The molecule has 2 N–H and O–H groups in total. The second kappa shape index (κ2) is 7.66.